The lowest BCUT2D eigenvalue weighted by atomic mass is 9.81. The maximum absolute atomic E-state index is 12.7. The Labute approximate surface area is 132 Å². The van der Waals surface area contributed by atoms with Gasteiger partial charge in [-0.15, -0.1) is 0 Å². The van der Waals surface area contributed by atoms with Gasteiger partial charge >= 0.3 is 5.97 Å². The van der Waals surface area contributed by atoms with Gasteiger partial charge in [-0.3, -0.25) is 19.7 Å². The lowest BCUT2D eigenvalue weighted by Crippen LogP contribution is -2.37. The lowest BCUT2D eigenvalue weighted by molar-refractivity contribution is -0.385. The molecule has 2 aliphatic rings. The fourth-order valence-electron chi connectivity index (χ4n) is 3.89. The highest BCUT2D eigenvalue weighted by atomic mass is 16.6. The number of nitrogens with two attached hydrogens (primary N) is 1. The van der Waals surface area contributed by atoms with Gasteiger partial charge in [0.05, 0.1) is 16.0 Å². The number of likely N-dealkylation sites (tertiary alicyclic amines) is 1. The zero-order chi connectivity index (χ0) is 16.8. The van der Waals surface area contributed by atoms with Gasteiger partial charge in [0, 0.05) is 19.2 Å². The van der Waals surface area contributed by atoms with Gasteiger partial charge in [0.2, 0.25) is 0 Å². The third kappa shape index (κ3) is 2.21. The summed E-state index contributed by atoms with van der Waals surface area (Å²) in [5.74, 6) is -1.57. The second kappa shape index (κ2) is 5.22. The van der Waals surface area contributed by atoms with Crippen LogP contribution in [0.3, 0.4) is 0 Å². The molecule has 3 rings (SSSR count). The summed E-state index contributed by atoms with van der Waals surface area (Å²) in [5, 5.41) is 20.7. The first-order valence-corrected chi connectivity index (χ1v) is 7.42. The zero-order valence-corrected chi connectivity index (χ0v) is 12.4. The van der Waals surface area contributed by atoms with Gasteiger partial charge in [-0.1, -0.05) is 12.5 Å². The topological polar surface area (TPSA) is 127 Å². The SMILES string of the molecule is Nc1cccc([N+](=O)[O-])c1C(=O)N1C[C@@H]2CCC[C@@]2(C(=O)O)C1. The van der Waals surface area contributed by atoms with E-state index in [9.17, 15) is 24.8 Å². The smallest absolute Gasteiger partial charge is 0.311 e. The summed E-state index contributed by atoms with van der Waals surface area (Å²) in [4.78, 5) is 36.3. The summed E-state index contributed by atoms with van der Waals surface area (Å²) in [6, 6.07) is 4.08. The van der Waals surface area contributed by atoms with E-state index in [0.717, 1.165) is 12.8 Å². The van der Waals surface area contributed by atoms with Crippen LogP contribution in [0.5, 0.6) is 0 Å². The molecular weight excluding hydrogens is 302 g/mol. The molecule has 0 spiro atoms. The predicted octanol–water partition coefficient (Wildman–Crippen LogP) is 1.50. The first-order chi connectivity index (χ1) is 10.9. The van der Waals surface area contributed by atoms with Crippen molar-refractivity contribution >= 4 is 23.3 Å². The summed E-state index contributed by atoms with van der Waals surface area (Å²) in [5.41, 5.74) is 4.37. The molecule has 2 atom stereocenters. The Kier molecular flexibility index (Phi) is 3.46. The number of anilines is 1. The van der Waals surface area contributed by atoms with E-state index in [1.54, 1.807) is 0 Å². The third-order valence-corrected chi connectivity index (χ3v) is 5.07. The maximum atomic E-state index is 12.7. The number of hydrogen-bond donors (Lipinski definition) is 2. The van der Waals surface area contributed by atoms with Gasteiger partial charge in [0.25, 0.3) is 11.6 Å². The molecule has 0 aromatic heterocycles. The number of nitrogen functional groups attached to an aromatic ring is 1. The Morgan fingerprint density at radius 3 is 2.78 bits per heavy atom. The van der Waals surface area contributed by atoms with E-state index < -0.39 is 22.2 Å². The van der Waals surface area contributed by atoms with E-state index in [0.29, 0.717) is 13.0 Å². The Balaban J connectivity index is 1.95. The van der Waals surface area contributed by atoms with Crippen LogP contribution in [0.4, 0.5) is 11.4 Å². The molecule has 1 aromatic carbocycles. The lowest BCUT2D eigenvalue weighted by Gasteiger charge is -2.23. The van der Waals surface area contributed by atoms with Crippen LogP contribution in [-0.4, -0.2) is 39.9 Å². The van der Waals surface area contributed by atoms with E-state index in [4.69, 9.17) is 5.73 Å². The molecule has 0 unspecified atom stereocenters. The zero-order valence-electron chi connectivity index (χ0n) is 12.4. The minimum absolute atomic E-state index is 0.0330. The monoisotopic (exact) mass is 319 g/mol. The fraction of sp³-hybridized carbons (Fsp3) is 0.467. The number of carbonyl (C=O) groups excluding carboxylic acids is 1. The number of nitrogens with zero attached hydrogens (tertiary/aromatic N) is 2. The van der Waals surface area contributed by atoms with Crippen molar-refractivity contribution in [2.75, 3.05) is 18.8 Å². The van der Waals surface area contributed by atoms with Crippen molar-refractivity contribution in [3.8, 4) is 0 Å². The Hall–Kier alpha value is -2.64. The first kappa shape index (κ1) is 15.3. The van der Waals surface area contributed by atoms with Crippen LogP contribution in [0.25, 0.3) is 0 Å². The van der Waals surface area contributed by atoms with E-state index in [1.807, 2.05) is 0 Å². The molecule has 1 aliphatic carbocycles. The summed E-state index contributed by atoms with van der Waals surface area (Å²) in [6.45, 7) is 0.383. The van der Waals surface area contributed by atoms with Gasteiger partial charge in [0.15, 0.2) is 0 Å². The number of fused-ring (bicyclic) bond motifs is 1. The molecule has 1 aromatic rings. The predicted molar refractivity (Wildman–Crippen MR) is 80.8 cm³/mol. The molecule has 1 heterocycles. The van der Waals surface area contributed by atoms with Crippen molar-refractivity contribution < 1.29 is 19.6 Å². The van der Waals surface area contributed by atoms with Crippen LogP contribution in [-0.2, 0) is 4.79 Å². The first-order valence-electron chi connectivity index (χ1n) is 7.42. The van der Waals surface area contributed by atoms with Crippen LogP contribution in [0.15, 0.2) is 18.2 Å². The summed E-state index contributed by atoms with van der Waals surface area (Å²) in [7, 11) is 0. The molecule has 8 heteroatoms. The third-order valence-electron chi connectivity index (χ3n) is 5.07. The minimum Gasteiger partial charge on any atom is -0.481 e. The number of rotatable bonds is 3. The van der Waals surface area contributed by atoms with Gasteiger partial charge in [-0.2, -0.15) is 0 Å². The van der Waals surface area contributed by atoms with Crippen molar-refractivity contribution in [1.29, 1.82) is 0 Å². The van der Waals surface area contributed by atoms with Crippen LogP contribution in [0.2, 0.25) is 0 Å². The molecular formula is C15H17N3O5. The molecule has 1 aliphatic heterocycles. The number of nitro groups is 1. The largest absolute Gasteiger partial charge is 0.481 e. The minimum atomic E-state index is -0.923. The van der Waals surface area contributed by atoms with Crippen LogP contribution in [0.1, 0.15) is 29.6 Å². The molecule has 8 nitrogen and oxygen atoms in total. The highest BCUT2D eigenvalue weighted by Gasteiger charge is 2.56. The van der Waals surface area contributed by atoms with Crippen LogP contribution >= 0.6 is 0 Å². The van der Waals surface area contributed by atoms with Crippen molar-refractivity contribution in [2.45, 2.75) is 19.3 Å². The number of nitro benzene ring substituents is 1. The van der Waals surface area contributed by atoms with Gasteiger partial charge in [0.1, 0.15) is 5.56 Å². The number of hydrogen-bond acceptors (Lipinski definition) is 5. The van der Waals surface area contributed by atoms with Crippen LogP contribution in [0, 0.1) is 21.4 Å². The van der Waals surface area contributed by atoms with E-state index in [-0.39, 0.29) is 29.4 Å². The Morgan fingerprint density at radius 1 is 1.43 bits per heavy atom. The molecule has 122 valence electrons. The second-order valence-corrected chi connectivity index (χ2v) is 6.23. The molecule has 2 fully saturated rings. The molecule has 23 heavy (non-hydrogen) atoms. The number of aliphatic carboxylic acids is 1. The molecule has 0 radical (unpaired) electrons. The quantitative estimate of drug-likeness (QED) is 0.494. The number of carboxylic acid groups (broad SMARTS) is 1. The Bertz CT molecular complexity index is 704. The van der Waals surface area contributed by atoms with Crippen LogP contribution < -0.4 is 5.73 Å². The summed E-state index contributed by atoms with van der Waals surface area (Å²) < 4.78 is 0. The van der Waals surface area contributed by atoms with Gasteiger partial charge in [-0.05, 0) is 24.8 Å². The standard InChI is InChI=1S/C15H17N3O5/c16-10-4-1-5-11(18(22)23)12(10)13(19)17-7-9-3-2-6-15(9,8-17)14(20)21/h1,4-5,9H,2-3,6-8,16H2,(H,20,21)/t9-,15+/m0/s1. The molecule has 0 bridgehead atoms. The van der Waals surface area contributed by atoms with E-state index in [1.165, 1.54) is 23.1 Å². The van der Waals surface area contributed by atoms with Gasteiger partial charge < -0.3 is 15.7 Å². The average molecular weight is 319 g/mol. The number of benzene rings is 1. The molecule has 1 saturated heterocycles. The molecule has 1 amide bonds. The highest BCUT2D eigenvalue weighted by molar-refractivity contribution is 6.03. The second-order valence-electron chi connectivity index (χ2n) is 6.23. The fourth-order valence-corrected chi connectivity index (χ4v) is 3.89. The maximum Gasteiger partial charge on any atom is 0.311 e. The normalized spacial score (nSPS) is 26.1. The van der Waals surface area contributed by atoms with Crippen molar-refractivity contribution in [3.63, 3.8) is 0 Å². The number of carboxylic acids is 1. The number of carbonyl (C=O) groups is 2. The summed E-state index contributed by atoms with van der Waals surface area (Å²) in [6.07, 6.45) is 2.11. The van der Waals surface area contributed by atoms with E-state index >= 15 is 0 Å². The average Bonchev–Trinajstić information content (AvgIpc) is 3.04. The van der Waals surface area contributed by atoms with Crippen molar-refractivity contribution in [3.05, 3.63) is 33.9 Å². The van der Waals surface area contributed by atoms with E-state index in [2.05, 4.69) is 0 Å². The molecule has 1 saturated carbocycles. The van der Waals surface area contributed by atoms with Crippen molar-refractivity contribution in [1.82, 2.24) is 4.90 Å². The van der Waals surface area contributed by atoms with Gasteiger partial charge in [-0.25, -0.2) is 0 Å². The molecule has 3 N–H and O–H groups in total. The van der Waals surface area contributed by atoms with Crippen molar-refractivity contribution in [2.24, 2.45) is 11.3 Å². The number of amides is 1. The highest BCUT2D eigenvalue weighted by Crippen LogP contribution is 2.49. The summed E-state index contributed by atoms with van der Waals surface area (Å²) >= 11 is 0. The Morgan fingerprint density at radius 2 is 2.17 bits per heavy atom.